The Labute approximate surface area is 115 Å². The van der Waals surface area contributed by atoms with E-state index in [1.807, 2.05) is 36.3 Å². The van der Waals surface area contributed by atoms with Crippen molar-refractivity contribution in [1.29, 1.82) is 0 Å². The quantitative estimate of drug-likeness (QED) is 0.869. The second-order valence-corrected chi connectivity index (χ2v) is 5.35. The van der Waals surface area contributed by atoms with Gasteiger partial charge < -0.3 is 5.73 Å². The Morgan fingerprint density at radius 3 is 2.82 bits per heavy atom. The Bertz CT molecular complexity index is 493. The average Bonchev–Trinajstić information content (AvgIpc) is 2.73. The Morgan fingerprint density at radius 2 is 2.18 bits per heavy atom. The van der Waals surface area contributed by atoms with Crippen LogP contribution in [-0.2, 0) is 13.5 Å². The molecule has 0 aliphatic carbocycles. The van der Waals surface area contributed by atoms with Crippen molar-refractivity contribution in [3.63, 3.8) is 0 Å². The lowest BCUT2D eigenvalue weighted by molar-refractivity contribution is 0.648. The minimum atomic E-state index is 0.100. The first-order valence-electron chi connectivity index (χ1n) is 5.64. The standard InChI is InChI=1S/C13H16IN3/c1-17-9-10(8-16-17)6-7-13(15)11-4-2-3-5-12(11)14/h2-5,8-9,13H,6-7,15H2,1H3. The summed E-state index contributed by atoms with van der Waals surface area (Å²) in [4.78, 5) is 0. The molecule has 0 fully saturated rings. The zero-order valence-corrected chi connectivity index (χ0v) is 12.0. The summed E-state index contributed by atoms with van der Waals surface area (Å²) < 4.78 is 3.07. The van der Waals surface area contributed by atoms with Gasteiger partial charge in [0.05, 0.1) is 6.20 Å². The summed E-state index contributed by atoms with van der Waals surface area (Å²) in [6.07, 6.45) is 5.87. The number of nitrogens with two attached hydrogens (primary N) is 1. The monoisotopic (exact) mass is 341 g/mol. The van der Waals surface area contributed by atoms with E-state index < -0.39 is 0 Å². The second-order valence-electron chi connectivity index (χ2n) is 4.19. The molecule has 0 aliphatic rings. The molecule has 1 heterocycles. The zero-order chi connectivity index (χ0) is 12.3. The van der Waals surface area contributed by atoms with Crippen molar-refractivity contribution in [2.75, 3.05) is 0 Å². The highest BCUT2D eigenvalue weighted by atomic mass is 127. The van der Waals surface area contributed by atoms with Gasteiger partial charge in [0.25, 0.3) is 0 Å². The van der Waals surface area contributed by atoms with Crippen molar-refractivity contribution in [3.8, 4) is 0 Å². The number of halogens is 1. The third-order valence-electron chi connectivity index (χ3n) is 2.81. The molecule has 0 radical (unpaired) electrons. The van der Waals surface area contributed by atoms with Crippen LogP contribution < -0.4 is 5.73 Å². The van der Waals surface area contributed by atoms with Crippen molar-refractivity contribution < 1.29 is 0 Å². The van der Waals surface area contributed by atoms with E-state index in [1.54, 1.807) is 0 Å². The summed E-state index contributed by atoms with van der Waals surface area (Å²) in [5.41, 5.74) is 8.70. The summed E-state index contributed by atoms with van der Waals surface area (Å²) in [7, 11) is 1.93. The molecule has 0 bridgehead atoms. The molecular formula is C13H16IN3. The third kappa shape index (κ3) is 3.29. The van der Waals surface area contributed by atoms with Gasteiger partial charge in [-0.15, -0.1) is 0 Å². The molecule has 0 spiro atoms. The van der Waals surface area contributed by atoms with E-state index in [2.05, 4.69) is 39.8 Å². The SMILES string of the molecule is Cn1cc(CCC(N)c2ccccc2I)cn1. The van der Waals surface area contributed by atoms with Gasteiger partial charge in [0, 0.05) is 22.9 Å². The third-order valence-corrected chi connectivity index (χ3v) is 3.79. The number of benzene rings is 1. The van der Waals surface area contributed by atoms with Crippen LogP contribution in [0.2, 0.25) is 0 Å². The molecule has 2 rings (SSSR count). The van der Waals surface area contributed by atoms with E-state index in [0.717, 1.165) is 12.8 Å². The van der Waals surface area contributed by atoms with Crippen LogP contribution in [0, 0.1) is 3.57 Å². The molecule has 17 heavy (non-hydrogen) atoms. The predicted molar refractivity (Wildman–Crippen MR) is 77.6 cm³/mol. The van der Waals surface area contributed by atoms with Gasteiger partial charge in [0.1, 0.15) is 0 Å². The summed E-state index contributed by atoms with van der Waals surface area (Å²) in [5, 5.41) is 4.16. The van der Waals surface area contributed by atoms with Crippen LogP contribution in [0.25, 0.3) is 0 Å². The van der Waals surface area contributed by atoms with E-state index in [4.69, 9.17) is 5.73 Å². The summed E-state index contributed by atoms with van der Waals surface area (Å²) in [5.74, 6) is 0. The van der Waals surface area contributed by atoms with Crippen LogP contribution in [0.3, 0.4) is 0 Å². The second kappa shape index (κ2) is 5.64. The highest BCUT2D eigenvalue weighted by molar-refractivity contribution is 14.1. The molecule has 0 amide bonds. The van der Waals surface area contributed by atoms with Gasteiger partial charge in [-0.1, -0.05) is 18.2 Å². The lowest BCUT2D eigenvalue weighted by atomic mass is 10.0. The van der Waals surface area contributed by atoms with Crippen molar-refractivity contribution >= 4 is 22.6 Å². The molecule has 4 heteroatoms. The fourth-order valence-corrected chi connectivity index (χ4v) is 2.64. The summed E-state index contributed by atoms with van der Waals surface area (Å²) in [6.45, 7) is 0. The number of nitrogens with zero attached hydrogens (tertiary/aromatic N) is 2. The van der Waals surface area contributed by atoms with Crippen LogP contribution in [0.4, 0.5) is 0 Å². The maximum absolute atomic E-state index is 6.22. The predicted octanol–water partition coefficient (Wildman–Crippen LogP) is 2.66. The maximum Gasteiger partial charge on any atom is 0.0521 e. The molecule has 0 saturated carbocycles. The molecule has 2 N–H and O–H groups in total. The van der Waals surface area contributed by atoms with E-state index >= 15 is 0 Å². The zero-order valence-electron chi connectivity index (χ0n) is 9.81. The molecule has 3 nitrogen and oxygen atoms in total. The van der Waals surface area contributed by atoms with Gasteiger partial charge in [0.15, 0.2) is 0 Å². The van der Waals surface area contributed by atoms with Crippen molar-refractivity contribution in [2.45, 2.75) is 18.9 Å². The Kier molecular flexibility index (Phi) is 4.17. The van der Waals surface area contributed by atoms with Gasteiger partial charge in [-0.05, 0) is 52.6 Å². The molecule has 1 unspecified atom stereocenters. The summed E-state index contributed by atoms with van der Waals surface area (Å²) >= 11 is 2.34. The van der Waals surface area contributed by atoms with Gasteiger partial charge in [0.2, 0.25) is 0 Å². The molecule has 1 aromatic carbocycles. The first-order valence-corrected chi connectivity index (χ1v) is 6.72. The fourth-order valence-electron chi connectivity index (χ4n) is 1.85. The number of hydrogen-bond donors (Lipinski definition) is 1. The smallest absolute Gasteiger partial charge is 0.0521 e. The van der Waals surface area contributed by atoms with E-state index in [9.17, 15) is 0 Å². The number of aryl methyl sites for hydroxylation is 2. The lowest BCUT2D eigenvalue weighted by Gasteiger charge is -2.13. The van der Waals surface area contributed by atoms with Crippen molar-refractivity contribution in [3.05, 3.63) is 51.4 Å². The van der Waals surface area contributed by atoms with Gasteiger partial charge in [-0.3, -0.25) is 4.68 Å². The van der Waals surface area contributed by atoms with E-state index in [-0.39, 0.29) is 6.04 Å². The highest BCUT2D eigenvalue weighted by Gasteiger charge is 2.09. The van der Waals surface area contributed by atoms with Crippen LogP contribution in [0.1, 0.15) is 23.6 Å². The molecular weight excluding hydrogens is 325 g/mol. The number of aromatic nitrogens is 2. The molecule has 90 valence electrons. The molecule has 0 aliphatic heterocycles. The number of rotatable bonds is 4. The van der Waals surface area contributed by atoms with Crippen LogP contribution in [-0.4, -0.2) is 9.78 Å². The van der Waals surface area contributed by atoms with Crippen molar-refractivity contribution in [1.82, 2.24) is 9.78 Å². The average molecular weight is 341 g/mol. The first-order chi connectivity index (χ1) is 8.16. The van der Waals surface area contributed by atoms with Crippen LogP contribution in [0.5, 0.6) is 0 Å². The van der Waals surface area contributed by atoms with E-state index in [1.165, 1.54) is 14.7 Å². The minimum absolute atomic E-state index is 0.100. The molecule has 1 atom stereocenters. The highest BCUT2D eigenvalue weighted by Crippen LogP contribution is 2.21. The van der Waals surface area contributed by atoms with E-state index in [0.29, 0.717) is 0 Å². The maximum atomic E-state index is 6.22. The first kappa shape index (κ1) is 12.6. The van der Waals surface area contributed by atoms with Crippen LogP contribution >= 0.6 is 22.6 Å². The van der Waals surface area contributed by atoms with Gasteiger partial charge in [-0.2, -0.15) is 5.10 Å². The fraction of sp³-hybridized carbons (Fsp3) is 0.308. The van der Waals surface area contributed by atoms with Crippen molar-refractivity contribution in [2.24, 2.45) is 12.8 Å². The Morgan fingerprint density at radius 1 is 1.41 bits per heavy atom. The largest absolute Gasteiger partial charge is 0.324 e. The minimum Gasteiger partial charge on any atom is -0.324 e. The topological polar surface area (TPSA) is 43.8 Å². The molecule has 0 saturated heterocycles. The number of hydrogen-bond acceptors (Lipinski definition) is 2. The Balaban J connectivity index is 1.98. The summed E-state index contributed by atoms with van der Waals surface area (Å²) in [6, 6.07) is 8.39. The van der Waals surface area contributed by atoms with Gasteiger partial charge in [-0.25, -0.2) is 0 Å². The van der Waals surface area contributed by atoms with Crippen LogP contribution in [0.15, 0.2) is 36.7 Å². The molecule has 2 aromatic rings. The molecule has 1 aromatic heterocycles. The normalized spacial score (nSPS) is 12.6. The van der Waals surface area contributed by atoms with Gasteiger partial charge >= 0.3 is 0 Å². The lowest BCUT2D eigenvalue weighted by Crippen LogP contribution is -2.12. The Hall–Kier alpha value is -0.880.